The Hall–Kier alpha value is -4.39. The Morgan fingerprint density at radius 3 is 2.42 bits per heavy atom. The van der Waals surface area contributed by atoms with Gasteiger partial charge in [0.15, 0.2) is 5.66 Å². The number of benzene rings is 1. The maximum absolute atomic E-state index is 12.5. The van der Waals surface area contributed by atoms with Crippen molar-refractivity contribution >= 4 is 46.4 Å². The molecule has 13 nitrogen and oxygen atoms in total. The number of nitrogens with one attached hydrogen (secondary N) is 1. The van der Waals surface area contributed by atoms with Crippen molar-refractivity contribution in [2.24, 2.45) is 5.73 Å². The van der Waals surface area contributed by atoms with E-state index in [-0.39, 0.29) is 23.0 Å². The third kappa shape index (κ3) is 5.10. The van der Waals surface area contributed by atoms with Crippen LogP contribution in [0.3, 0.4) is 0 Å². The Morgan fingerprint density at radius 1 is 1.15 bits per heavy atom. The summed E-state index contributed by atoms with van der Waals surface area (Å²) in [6, 6.07) is 6.30. The number of carboxylic acid groups (broad SMARTS) is 2. The van der Waals surface area contributed by atoms with Gasteiger partial charge in [0.25, 0.3) is 5.91 Å². The number of fused-ring (bicyclic) bond motifs is 1. The largest absolute Gasteiger partial charge is 0.481 e. The van der Waals surface area contributed by atoms with Crippen molar-refractivity contribution in [3.8, 4) is 0 Å². The maximum atomic E-state index is 12.5. The molecular formula is C20H23N7O6. The van der Waals surface area contributed by atoms with E-state index in [9.17, 15) is 19.5 Å². The number of nitrogens with zero attached hydrogens (tertiary/aromatic N) is 3. The van der Waals surface area contributed by atoms with Gasteiger partial charge in [-0.1, -0.05) is 0 Å². The Kier molecular flexibility index (Phi) is 6.35. The van der Waals surface area contributed by atoms with Crippen LogP contribution in [0.2, 0.25) is 0 Å². The number of carbonyl (C=O) groups excluding carboxylic acids is 1. The minimum absolute atomic E-state index is 0.00970. The van der Waals surface area contributed by atoms with E-state index in [0.717, 1.165) is 11.3 Å². The van der Waals surface area contributed by atoms with Crippen LogP contribution in [0.1, 0.15) is 28.8 Å². The average molecular weight is 457 g/mol. The summed E-state index contributed by atoms with van der Waals surface area (Å²) in [6.45, 7) is 0.385. The van der Waals surface area contributed by atoms with Crippen LogP contribution in [-0.4, -0.2) is 50.7 Å². The van der Waals surface area contributed by atoms with E-state index in [1.807, 2.05) is 11.9 Å². The van der Waals surface area contributed by atoms with Gasteiger partial charge in [-0.15, -0.1) is 0 Å². The van der Waals surface area contributed by atoms with Crippen LogP contribution in [-0.2, 0) is 16.1 Å². The summed E-state index contributed by atoms with van der Waals surface area (Å²) in [4.78, 5) is 44.5. The average Bonchev–Trinajstić information content (AvgIpc) is 3.14. The number of carboxylic acids is 2. The highest BCUT2D eigenvalue weighted by atomic mass is 16.4. The zero-order valence-electron chi connectivity index (χ0n) is 17.6. The fraction of sp³-hybridized carbons (Fsp3) is 0.250. The van der Waals surface area contributed by atoms with Gasteiger partial charge in [-0.3, -0.25) is 15.3 Å². The first-order valence-electron chi connectivity index (χ1n) is 9.67. The van der Waals surface area contributed by atoms with Gasteiger partial charge in [-0.25, -0.2) is 4.79 Å². The lowest BCUT2D eigenvalue weighted by Crippen LogP contribution is -2.61. The molecule has 0 unspecified atom stereocenters. The maximum Gasteiger partial charge on any atom is 0.344 e. The first-order chi connectivity index (χ1) is 15.5. The molecule has 2 aromatic heterocycles. The molecule has 3 rings (SSSR count). The molecule has 0 radical (unpaired) electrons. The van der Waals surface area contributed by atoms with Crippen molar-refractivity contribution < 1.29 is 29.0 Å². The molecule has 0 saturated carbocycles. The third-order valence-electron chi connectivity index (χ3n) is 4.98. The second kappa shape index (κ2) is 9.00. The Morgan fingerprint density at radius 2 is 1.82 bits per heavy atom. The molecule has 2 heterocycles. The van der Waals surface area contributed by atoms with Gasteiger partial charge in [-0.2, -0.15) is 9.97 Å². The molecule has 13 heteroatoms. The molecule has 0 fully saturated rings. The molecule has 0 spiro atoms. The summed E-state index contributed by atoms with van der Waals surface area (Å²) in [5.41, 5.74) is 16.9. The van der Waals surface area contributed by atoms with E-state index in [1.54, 1.807) is 12.1 Å². The number of aliphatic carboxylic acids is 2. The predicted molar refractivity (Wildman–Crippen MR) is 118 cm³/mol. The lowest BCUT2D eigenvalue weighted by atomic mass is 10.0. The molecule has 0 bridgehead atoms. The number of anilines is 3. The Labute approximate surface area is 187 Å². The van der Waals surface area contributed by atoms with Crippen LogP contribution < -0.4 is 27.4 Å². The molecule has 174 valence electrons. The van der Waals surface area contributed by atoms with Crippen molar-refractivity contribution in [1.82, 2.24) is 15.3 Å². The smallest absolute Gasteiger partial charge is 0.344 e. The van der Waals surface area contributed by atoms with E-state index in [4.69, 9.17) is 26.7 Å². The van der Waals surface area contributed by atoms with E-state index in [0.29, 0.717) is 11.9 Å². The standard InChI is InChI=1S/C20H23N7O6/c1-27(8-11-9-33-17-14(11)15(21)24-19(22)25-17)12-4-2-10(3-5-12)16(30)26-20(23,18(31)32)7-6-13(28)29/h2-5,9H,6-8,23H2,1H3,(H,26,30)(H,28,29)(H,31,32)(H4,21,22,24,25)/t20-/m1/s1. The zero-order chi connectivity index (χ0) is 24.3. The molecule has 3 aromatic rings. The highest BCUT2D eigenvalue weighted by molar-refractivity contribution is 5.98. The van der Waals surface area contributed by atoms with Gasteiger partial charge in [0.1, 0.15) is 5.82 Å². The van der Waals surface area contributed by atoms with Gasteiger partial charge in [-0.05, 0) is 24.3 Å². The summed E-state index contributed by atoms with van der Waals surface area (Å²) in [5.74, 6) is -3.30. The quantitative estimate of drug-likeness (QED) is 0.239. The number of carbonyl (C=O) groups is 3. The fourth-order valence-corrected chi connectivity index (χ4v) is 3.18. The zero-order valence-corrected chi connectivity index (χ0v) is 17.6. The van der Waals surface area contributed by atoms with Gasteiger partial charge in [0.2, 0.25) is 11.7 Å². The lowest BCUT2D eigenvalue weighted by Gasteiger charge is -2.25. The normalized spacial score (nSPS) is 12.8. The number of hydrogen-bond acceptors (Lipinski definition) is 10. The number of aromatic nitrogens is 2. The summed E-state index contributed by atoms with van der Waals surface area (Å²) in [5, 5.41) is 20.8. The van der Waals surface area contributed by atoms with Gasteiger partial charge >= 0.3 is 11.9 Å². The summed E-state index contributed by atoms with van der Waals surface area (Å²) in [6.07, 6.45) is 0.524. The number of hydrogen-bond donors (Lipinski definition) is 6. The number of nitrogens with two attached hydrogens (primary N) is 3. The fourth-order valence-electron chi connectivity index (χ4n) is 3.18. The predicted octanol–water partition coefficient (Wildman–Crippen LogP) is 0.358. The summed E-state index contributed by atoms with van der Waals surface area (Å²) in [7, 11) is 1.81. The molecule has 0 saturated heterocycles. The summed E-state index contributed by atoms with van der Waals surface area (Å²) >= 11 is 0. The molecule has 0 aliphatic carbocycles. The van der Waals surface area contributed by atoms with E-state index >= 15 is 0 Å². The Bertz CT molecular complexity index is 1210. The first kappa shape index (κ1) is 23.3. The molecule has 0 aliphatic rings. The third-order valence-corrected chi connectivity index (χ3v) is 4.98. The first-order valence-corrected chi connectivity index (χ1v) is 9.67. The van der Waals surface area contributed by atoms with Crippen LogP contribution in [0.5, 0.6) is 0 Å². The highest BCUT2D eigenvalue weighted by Gasteiger charge is 2.36. The van der Waals surface area contributed by atoms with Crippen molar-refractivity contribution in [3.63, 3.8) is 0 Å². The SMILES string of the molecule is CN(Cc1coc2nc(N)nc(N)c12)c1ccc(C(=O)N[C@](N)(CCC(=O)O)C(=O)O)cc1. The van der Waals surface area contributed by atoms with Crippen LogP contribution >= 0.6 is 0 Å². The van der Waals surface area contributed by atoms with Gasteiger partial charge in [0.05, 0.1) is 11.6 Å². The molecule has 1 aromatic carbocycles. The molecule has 33 heavy (non-hydrogen) atoms. The highest BCUT2D eigenvalue weighted by Crippen LogP contribution is 2.27. The molecule has 0 aliphatic heterocycles. The number of furan rings is 1. The van der Waals surface area contributed by atoms with Crippen LogP contribution in [0.15, 0.2) is 34.9 Å². The van der Waals surface area contributed by atoms with Crippen LogP contribution in [0.4, 0.5) is 17.5 Å². The van der Waals surface area contributed by atoms with Gasteiger partial charge < -0.3 is 36.3 Å². The van der Waals surface area contributed by atoms with Crippen LogP contribution in [0.25, 0.3) is 11.1 Å². The van der Waals surface area contributed by atoms with Crippen molar-refractivity contribution in [3.05, 3.63) is 41.7 Å². The molecule has 1 atom stereocenters. The lowest BCUT2D eigenvalue weighted by molar-refractivity contribution is -0.145. The number of nitrogen functional groups attached to an aromatic ring is 2. The van der Waals surface area contributed by atoms with Crippen molar-refractivity contribution in [1.29, 1.82) is 0 Å². The topological polar surface area (TPSA) is 224 Å². The van der Waals surface area contributed by atoms with E-state index < -0.39 is 36.4 Å². The van der Waals surface area contributed by atoms with Gasteiger partial charge in [0, 0.05) is 43.2 Å². The van der Waals surface area contributed by atoms with Crippen molar-refractivity contribution in [2.45, 2.75) is 25.0 Å². The second-order valence-corrected chi connectivity index (χ2v) is 7.44. The Balaban J connectivity index is 1.72. The summed E-state index contributed by atoms with van der Waals surface area (Å²) < 4.78 is 5.41. The number of rotatable bonds is 9. The van der Waals surface area contributed by atoms with Crippen molar-refractivity contribution in [2.75, 3.05) is 23.4 Å². The monoisotopic (exact) mass is 457 g/mol. The molecule has 1 amide bonds. The minimum Gasteiger partial charge on any atom is -0.481 e. The minimum atomic E-state index is -2.21. The molecular weight excluding hydrogens is 434 g/mol. The molecule has 9 N–H and O–H groups in total. The second-order valence-electron chi connectivity index (χ2n) is 7.44. The van der Waals surface area contributed by atoms with Crippen LogP contribution in [0, 0.1) is 0 Å². The number of amides is 1. The van der Waals surface area contributed by atoms with E-state index in [1.165, 1.54) is 18.4 Å². The van der Waals surface area contributed by atoms with E-state index in [2.05, 4.69) is 15.3 Å².